The smallest absolute Gasteiger partial charge is 0.251 e. The first-order valence-corrected chi connectivity index (χ1v) is 9.27. The fraction of sp³-hybridized carbons (Fsp3) is 0.944. The van der Waals surface area contributed by atoms with Gasteiger partial charge in [-0.05, 0) is 59.4 Å². The van der Waals surface area contributed by atoms with Gasteiger partial charge < -0.3 is 14.4 Å². The number of ether oxygens (including phenoxy) is 2. The minimum atomic E-state index is -0.298. The molecule has 0 aromatic rings. The molecule has 0 saturated carbocycles. The number of carbonyl (C=O) groups is 1. The zero-order valence-electron chi connectivity index (χ0n) is 15.3. The second-order valence-corrected chi connectivity index (χ2v) is 7.17. The number of piperidine rings is 1. The molecular formula is C18H34N2O3. The summed E-state index contributed by atoms with van der Waals surface area (Å²) in [5.74, 6) is 0.899. The molecule has 0 aliphatic carbocycles. The molecule has 0 aromatic carbocycles. The van der Waals surface area contributed by atoms with Crippen molar-refractivity contribution in [1.82, 2.24) is 9.80 Å². The van der Waals surface area contributed by atoms with Crippen molar-refractivity contribution in [2.45, 2.75) is 65.3 Å². The standard InChI is InChI=1S/C18H34N2O3/c1-5-22-16(4)18(21)20-10-7-17(8-11-20)6-9-19-12-14(2)23-15(3)13-19/h14-17H,5-13H2,1-4H3. The third-order valence-corrected chi connectivity index (χ3v) is 5.04. The maximum Gasteiger partial charge on any atom is 0.251 e. The van der Waals surface area contributed by atoms with E-state index in [-0.39, 0.29) is 12.0 Å². The van der Waals surface area contributed by atoms with Crippen LogP contribution in [0.4, 0.5) is 0 Å². The maximum absolute atomic E-state index is 12.3. The van der Waals surface area contributed by atoms with E-state index < -0.39 is 0 Å². The summed E-state index contributed by atoms with van der Waals surface area (Å²) in [5.41, 5.74) is 0. The number of hydrogen-bond donors (Lipinski definition) is 0. The average molecular weight is 326 g/mol. The quantitative estimate of drug-likeness (QED) is 0.750. The summed E-state index contributed by atoms with van der Waals surface area (Å²) in [6.45, 7) is 13.7. The van der Waals surface area contributed by atoms with E-state index in [9.17, 15) is 4.79 Å². The summed E-state index contributed by atoms with van der Waals surface area (Å²) in [4.78, 5) is 16.8. The summed E-state index contributed by atoms with van der Waals surface area (Å²) in [6, 6.07) is 0. The number of rotatable bonds is 6. The van der Waals surface area contributed by atoms with Gasteiger partial charge in [-0.25, -0.2) is 0 Å². The second-order valence-electron chi connectivity index (χ2n) is 7.17. The molecule has 23 heavy (non-hydrogen) atoms. The summed E-state index contributed by atoms with van der Waals surface area (Å²) >= 11 is 0. The molecule has 0 radical (unpaired) electrons. The third-order valence-electron chi connectivity index (χ3n) is 5.04. The molecule has 0 spiro atoms. The molecule has 2 aliphatic rings. The number of nitrogens with zero attached hydrogens (tertiary/aromatic N) is 2. The Bertz CT molecular complexity index is 359. The van der Waals surface area contributed by atoms with Crippen molar-refractivity contribution >= 4 is 5.91 Å². The topological polar surface area (TPSA) is 42.0 Å². The van der Waals surface area contributed by atoms with Gasteiger partial charge in [-0.3, -0.25) is 9.69 Å². The van der Waals surface area contributed by atoms with Gasteiger partial charge in [0, 0.05) is 32.8 Å². The van der Waals surface area contributed by atoms with Crippen molar-refractivity contribution in [3.8, 4) is 0 Å². The second kappa shape index (κ2) is 9.00. The van der Waals surface area contributed by atoms with Crippen molar-refractivity contribution in [1.29, 1.82) is 0 Å². The lowest BCUT2D eigenvalue weighted by atomic mass is 9.93. The lowest BCUT2D eigenvalue weighted by Crippen LogP contribution is -2.47. The molecule has 2 aliphatic heterocycles. The summed E-state index contributed by atoms with van der Waals surface area (Å²) in [6.07, 6.45) is 3.88. The molecule has 3 atom stereocenters. The minimum Gasteiger partial charge on any atom is -0.373 e. The normalized spacial score (nSPS) is 28.8. The van der Waals surface area contributed by atoms with Gasteiger partial charge in [-0.1, -0.05) is 0 Å². The molecule has 2 rings (SSSR count). The highest BCUT2D eigenvalue weighted by Crippen LogP contribution is 2.22. The fourth-order valence-corrected chi connectivity index (χ4v) is 3.85. The van der Waals surface area contributed by atoms with Crippen LogP contribution in [-0.2, 0) is 14.3 Å². The SMILES string of the molecule is CCOC(C)C(=O)N1CCC(CCN2CC(C)OC(C)C2)CC1. The first-order chi connectivity index (χ1) is 11.0. The van der Waals surface area contributed by atoms with E-state index >= 15 is 0 Å². The van der Waals surface area contributed by atoms with Crippen molar-refractivity contribution in [2.24, 2.45) is 5.92 Å². The van der Waals surface area contributed by atoms with E-state index in [4.69, 9.17) is 9.47 Å². The first kappa shape index (κ1) is 18.7. The van der Waals surface area contributed by atoms with Crippen LogP contribution in [0.25, 0.3) is 0 Å². The van der Waals surface area contributed by atoms with E-state index in [1.54, 1.807) is 0 Å². The van der Waals surface area contributed by atoms with Gasteiger partial charge in [-0.2, -0.15) is 0 Å². The Kier molecular flexibility index (Phi) is 7.31. The van der Waals surface area contributed by atoms with Gasteiger partial charge in [0.25, 0.3) is 5.91 Å². The van der Waals surface area contributed by atoms with Crippen molar-refractivity contribution in [3.05, 3.63) is 0 Å². The van der Waals surface area contributed by atoms with Crippen LogP contribution in [0.2, 0.25) is 0 Å². The molecule has 0 bridgehead atoms. The van der Waals surface area contributed by atoms with Gasteiger partial charge in [0.1, 0.15) is 6.10 Å². The first-order valence-electron chi connectivity index (χ1n) is 9.27. The summed E-state index contributed by atoms with van der Waals surface area (Å²) in [7, 11) is 0. The molecule has 0 N–H and O–H groups in total. The Morgan fingerprint density at radius 3 is 2.39 bits per heavy atom. The lowest BCUT2D eigenvalue weighted by Gasteiger charge is -2.37. The highest BCUT2D eigenvalue weighted by atomic mass is 16.5. The van der Waals surface area contributed by atoms with Gasteiger partial charge in [0.15, 0.2) is 0 Å². The van der Waals surface area contributed by atoms with E-state index in [2.05, 4.69) is 18.7 Å². The van der Waals surface area contributed by atoms with Gasteiger partial charge >= 0.3 is 0 Å². The maximum atomic E-state index is 12.3. The minimum absolute atomic E-state index is 0.154. The molecule has 2 saturated heterocycles. The number of hydrogen-bond acceptors (Lipinski definition) is 4. The Hall–Kier alpha value is -0.650. The number of amides is 1. The predicted molar refractivity (Wildman–Crippen MR) is 91.5 cm³/mol. The Morgan fingerprint density at radius 2 is 1.83 bits per heavy atom. The van der Waals surface area contributed by atoms with Gasteiger partial charge in [-0.15, -0.1) is 0 Å². The zero-order chi connectivity index (χ0) is 16.8. The fourth-order valence-electron chi connectivity index (χ4n) is 3.85. The molecule has 2 fully saturated rings. The van der Waals surface area contributed by atoms with E-state index in [1.807, 2.05) is 18.7 Å². The van der Waals surface area contributed by atoms with Crippen LogP contribution in [0.3, 0.4) is 0 Å². The van der Waals surface area contributed by atoms with E-state index in [0.29, 0.717) is 18.8 Å². The number of carbonyl (C=O) groups excluding carboxylic acids is 1. The monoisotopic (exact) mass is 326 g/mol. The van der Waals surface area contributed by atoms with Crippen LogP contribution in [-0.4, -0.2) is 73.3 Å². The van der Waals surface area contributed by atoms with Crippen molar-refractivity contribution in [3.63, 3.8) is 0 Å². The lowest BCUT2D eigenvalue weighted by molar-refractivity contribution is -0.143. The van der Waals surface area contributed by atoms with E-state index in [1.165, 1.54) is 6.42 Å². The predicted octanol–water partition coefficient (Wildman–Crippen LogP) is 2.15. The molecule has 134 valence electrons. The largest absolute Gasteiger partial charge is 0.373 e. The Balaban J connectivity index is 1.67. The van der Waals surface area contributed by atoms with Crippen LogP contribution < -0.4 is 0 Å². The highest BCUT2D eigenvalue weighted by Gasteiger charge is 2.27. The Morgan fingerprint density at radius 1 is 1.22 bits per heavy atom. The molecule has 5 nitrogen and oxygen atoms in total. The van der Waals surface area contributed by atoms with Gasteiger partial charge in [0.2, 0.25) is 0 Å². The number of likely N-dealkylation sites (tertiary alicyclic amines) is 1. The van der Waals surface area contributed by atoms with Crippen LogP contribution in [0.15, 0.2) is 0 Å². The van der Waals surface area contributed by atoms with Crippen LogP contribution >= 0.6 is 0 Å². The van der Waals surface area contributed by atoms with Crippen molar-refractivity contribution in [2.75, 3.05) is 39.3 Å². The molecule has 3 unspecified atom stereocenters. The molecule has 0 aromatic heterocycles. The van der Waals surface area contributed by atoms with Crippen LogP contribution in [0, 0.1) is 5.92 Å². The molecule has 1 amide bonds. The average Bonchev–Trinajstić information content (AvgIpc) is 2.52. The molecular weight excluding hydrogens is 292 g/mol. The zero-order valence-corrected chi connectivity index (χ0v) is 15.3. The summed E-state index contributed by atoms with van der Waals surface area (Å²) < 4.78 is 11.2. The van der Waals surface area contributed by atoms with Gasteiger partial charge in [0.05, 0.1) is 12.2 Å². The third kappa shape index (κ3) is 5.73. The van der Waals surface area contributed by atoms with Crippen LogP contribution in [0.5, 0.6) is 0 Å². The molecule has 2 heterocycles. The molecule has 5 heteroatoms. The number of morpholine rings is 1. The Labute approximate surface area is 141 Å². The highest BCUT2D eigenvalue weighted by molar-refractivity contribution is 5.80. The van der Waals surface area contributed by atoms with Crippen LogP contribution in [0.1, 0.15) is 47.0 Å². The van der Waals surface area contributed by atoms with Crippen molar-refractivity contribution < 1.29 is 14.3 Å². The summed E-state index contributed by atoms with van der Waals surface area (Å²) in [5, 5.41) is 0. The van der Waals surface area contributed by atoms with E-state index in [0.717, 1.165) is 51.5 Å².